The molecule has 0 saturated heterocycles. The predicted molar refractivity (Wildman–Crippen MR) is 100 cm³/mol. The summed E-state index contributed by atoms with van der Waals surface area (Å²) in [5, 5.41) is 2.68. The van der Waals surface area contributed by atoms with Crippen molar-refractivity contribution >= 4 is 11.6 Å². The Morgan fingerprint density at radius 2 is 1.82 bits per heavy atom. The number of nitrogens with one attached hydrogen (secondary N) is 1. The topological polar surface area (TPSA) is 50.8 Å². The number of halogens is 3. The van der Waals surface area contributed by atoms with Crippen LogP contribution in [0.15, 0.2) is 48.5 Å². The summed E-state index contributed by atoms with van der Waals surface area (Å²) in [6.07, 6.45) is -4.75. The van der Waals surface area contributed by atoms with Crippen LogP contribution in [0.25, 0.3) is 0 Å². The van der Waals surface area contributed by atoms with E-state index in [1.165, 1.54) is 12.1 Å². The Morgan fingerprint density at radius 1 is 1.14 bits per heavy atom. The Kier molecular flexibility index (Phi) is 7.28. The van der Waals surface area contributed by atoms with Crippen LogP contribution in [0.5, 0.6) is 11.5 Å². The van der Waals surface area contributed by atoms with Crippen LogP contribution in [0, 0.1) is 0 Å². The molecule has 2 aromatic carbocycles. The lowest BCUT2D eigenvalue weighted by molar-refractivity contribution is -0.274. The molecular formula is C20H23F3N2O3. The Labute approximate surface area is 162 Å². The first-order valence-corrected chi connectivity index (χ1v) is 8.75. The summed E-state index contributed by atoms with van der Waals surface area (Å²) in [7, 11) is 1.60. The van der Waals surface area contributed by atoms with Crippen molar-refractivity contribution in [3.63, 3.8) is 0 Å². The molecule has 1 unspecified atom stereocenters. The number of anilines is 1. The number of alkyl halides is 3. The smallest absolute Gasteiger partial charge is 0.497 e. The van der Waals surface area contributed by atoms with E-state index in [4.69, 9.17) is 4.74 Å². The van der Waals surface area contributed by atoms with E-state index in [2.05, 4.69) is 10.1 Å². The first kappa shape index (κ1) is 21.6. The van der Waals surface area contributed by atoms with Gasteiger partial charge in [-0.05, 0) is 55.4 Å². The zero-order chi connectivity index (χ0) is 20.7. The van der Waals surface area contributed by atoms with Gasteiger partial charge < -0.3 is 14.8 Å². The van der Waals surface area contributed by atoms with Gasteiger partial charge in [-0.3, -0.25) is 9.69 Å². The standard InChI is InChI=1S/C20H23F3N2O3/c1-4-25(14(2)15-6-5-7-18(12-15)27-3)13-19(26)24-16-8-10-17(11-9-16)28-20(21,22)23/h5-12,14H,4,13H2,1-3H3,(H,24,26). The second kappa shape index (κ2) is 9.45. The summed E-state index contributed by atoms with van der Waals surface area (Å²) >= 11 is 0. The van der Waals surface area contributed by atoms with Crippen LogP contribution in [0.4, 0.5) is 18.9 Å². The van der Waals surface area contributed by atoms with E-state index >= 15 is 0 Å². The van der Waals surface area contributed by atoms with Crippen molar-refractivity contribution in [2.24, 2.45) is 0 Å². The van der Waals surface area contributed by atoms with Crippen molar-refractivity contribution in [1.29, 1.82) is 0 Å². The third-order valence-corrected chi connectivity index (χ3v) is 4.25. The molecule has 28 heavy (non-hydrogen) atoms. The number of ether oxygens (including phenoxy) is 2. The fraction of sp³-hybridized carbons (Fsp3) is 0.350. The number of methoxy groups -OCH3 is 1. The zero-order valence-electron chi connectivity index (χ0n) is 15.9. The number of carbonyl (C=O) groups is 1. The Balaban J connectivity index is 1.97. The molecule has 0 fully saturated rings. The van der Waals surface area contributed by atoms with Crippen molar-refractivity contribution in [3.8, 4) is 11.5 Å². The molecule has 0 radical (unpaired) electrons. The van der Waals surface area contributed by atoms with Gasteiger partial charge in [0.1, 0.15) is 11.5 Å². The van der Waals surface area contributed by atoms with Gasteiger partial charge >= 0.3 is 6.36 Å². The maximum absolute atomic E-state index is 12.4. The Hall–Kier alpha value is -2.74. The molecule has 5 nitrogen and oxygen atoms in total. The molecule has 8 heteroatoms. The van der Waals surface area contributed by atoms with Crippen LogP contribution >= 0.6 is 0 Å². The Bertz CT molecular complexity index is 779. The van der Waals surface area contributed by atoms with Gasteiger partial charge in [-0.1, -0.05) is 19.1 Å². The highest BCUT2D eigenvalue weighted by atomic mass is 19.4. The molecule has 152 valence electrons. The third kappa shape index (κ3) is 6.45. The van der Waals surface area contributed by atoms with E-state index in [9.17, 15) is 18.0 Å². The molecule has 0 aromatic heterocycles. The van der Waals surface area contributed by atoms with E-state index in [0.717, 1.165) is 23.4 Å². The molecule has 0 saturated carbocycles. The van der Waals surface area contributed by atoms with Gasteiger partial charge in [-0.25, -0.2) is 0 Å². The van der Waals surface area contributed by atoms with Crippen LogP contribution in [-0.2, 0) is 4.79 Å². The SMILES string of the molecule is CCN(CC(=O)Nc1ccc(OC(F)(F)F)cc1)C(C)c1cccc(OC)c1. The molecule has 1 N–H and O–H groups in total. The van der Waals surface area contributed by atoms with E-state index in [1.54, 1.807) is 7.11 Å². The number of hydrogen-bond acceptors (Lipinski definition) is 4. The lowest BCUT2D eigenvalue weighted by Crippen LogP contribution is -2.35. The second-order valence-corrected chi connectivity index (χ2v) is 6.14. The number of rotatable bonds is 8. The summed E-state index contributed by atoms with van der Waals surface area (Å²) in [4.78, 5) is 14.3. The van der Waals surface area contributed by atoms with Gasteiger partial charge in [0, 0.05) is 11.7 Å². The molecular weight excluding hydrogens is 373 g/mol. The van der Waals surface area contributed by atoms with Gasteiger partial charge in [-0.2, -0.15) is 0 Å². The van der Waals surface area contributed by atoms with E-state index < -0.39 is 6.36 Å². The highest BCUT2D eigenvalue weighted by Gasteiger charge is 2.31. The first-order valence-electron chi connectivity index (χ1n) is 8.75. The lowest BCUT2D eigenvalue weighted by atomic mass is 10.1. The van der Waals surface area contributed by atoms with Crippen molar-refractivity contribution < 1.29 is 27.4 Å². The lowest BCUT2D eigenvalue weighted by Gasteiger charge is -2.27. The molecule has 2 aromatic rings. The molecule has 1 atom stereocenters. The van der Waals surface area contributed by atoms with Crippen LogP contribution in [0.2, 0.25) is 0 Å². The van der Waals surface area contributed by atoms with E-state index in [0.29, 0.717) is 12.2 Å². The van der Waals surface area contributed by atoms with Gasteiger partial charge in [0.25, 0.3) is 0 Å². The quantitative estimate of drug-likeness (QED) is 0.708. The number of nitrogens with zero attached hydrogens (tertiary/aromatic N) is 1. The molecule has 0 aliphatic rings. The number of benzene rings is 2. The largest absolute Gasteiger partial charge is 0.573 e. The maximum atomic E-state index is 12.4. The average molecular weight is 396 g/mol. The monoisotopic (exact) mass is 396 g/mol. The minimum Gasteiger partial charge on any atom is -0.497 e. The van der Waals surface area contributed by atoms with Crippen LogP contribution in [-0.4, -0.2) is 37.4 Å². The van der Waals surface area contributed by atoms with Crippen molar-refractivity contribution in [3.05, 3.63) is 54.1 Å². The minimum atomic E-state index is -4.75. The summed E-state index contributed by atoms with van der Waals surface area (Å²) in [6.45, 7) is 4.72. The van der Waals surface area contributed by atoms with Crippen molar-refractivity contribution in [2.75, 3.05) is 25.5 Å². The predicted octanol–water partition coefficient (Wildman–Crippen LogP) is 4.62. The van der Waals surface area contributed by atoms with Crippen LogP contribution in [0.3, 0.4) is 0 Å². The number of carbonyl (C=O) groups excluding carboxylic acids is 1. The fourth-order valence-electron chi connectivity index (χ4n) is 2.76. The summed E-state index contributed by atoms with van der Waals surface area (Å²) in [6, 6.07) is 12.6. The van der Waals surface area contributed by atoms with Gasteiger partial charge in [0.05, 0.1) is 13.7 Å². The minimum absolute atomic E-state index is 0.0200. The summed E-state index contributed by atoms with van der Waals surface area (Å²) in [5.41, 5.74) is 1.41. The Morgan fingerprint density at radius 3 is 2.39 bits per heavy atom. The average Bonchev–Trinajstić information content (AvgIpc) is 2.66. The molecule has 0 spiro atoms. The molecule has 0 aliphatic carbocycles. The van der Waals surface area contributed by atoms with Gasteiger partial charge in [0.2, 0.25) is 5.91 Å². The molecule has 0 bridgehead atoms. The first-order chi connectivity index (χ1) is 13.2. The van der Waals surface area contributed by atoms with Crippen LogP contribution in [0.1, 0.15) is 25.5 Å². The third-order valence-electron chi connectivity index (χ3n) is 4.25. The fourth-order valence-corrected chi connectivity index (χ4v) is 2.76. The molecule has 0 heterocycles. The molecule has 0 aliphatic heterocycles. The summed E-state index contributed by atoms with van der Waals surface area (Å²) in [5.74, 6) is 0.138. The van der Waals surface area contributed by atoms with Gasteiger partial charge in [-0.15, -0.1) is 13.2 Å². The molecule has 2 rings (SSSR count). The van der Waals surface area contributed by atoms with Gasteiger partial charge in [0.15, 0.2) is 0 Å². The highest BCUT2D eigenvalue weighted by molar-refractivity contribution is 5.92. The number of amides is 1. The molecule has 1 amide bonds. The number of hydrogen-bond donors (Lipinski definition) is 1. The van der Waals surface area contributed by atoms with E-state index in [-0.39, 0.29) is 24.2 Å². The normalized spacial score (nSPS) is 12.5. The highest BCUT2D eigenvalue weighted by Crippen LogP contribution is 2.25. The van der Waals surface area contributed by atoms with Crippen molar-refractivity contribution in [1.82, 2.24) is 4.90 Å². The van der Waals surface area contributed by atoms with Crippen LogP contribution < -0.4 is 14.8 Å². The maximum Gasteiger partial charge on any atom is 0.573 e. The second-order valence-electron chi connectivity index (χ2n) is 6.14. The van der Waals surface area contributed by atoms with E-state index in [1.807, 2.05) is 43.0 Å². The number of likely N-dealkylation sites (N-methyl/N-ethyl adjacent to an activating group) is 1. The zero-order valence-corrected chi connectivity index (χ0v) is 15.9. The van der Waals surface area contributed by atoms with Crippen molar-refractivity contribution in [2.45, 2.75) is 26.3 Å². The summed E-state index contributed by atoms with van der Waals surface area (Å²) < 4.78 is 45.6.